The van der Waals surface area contributed by atoms with Gasteiger partial charge in [0.15, 0.2) is 11.5 Å². The van der Waals surface area contributed by atoms with E-state index in [1.165, 1.54) is 0 Å². The van der Waals surface area contributed by atoms with Crippen LogP contribution in [0.15, 0.2) is 24.4 Å². The average molecular weight is 399 g/mol. The molecule has 1 amide bonds. The van der Waals surface area contributed by atoms with Crippen molar-refractivity contribution in [1.82, 2.24) is 20.2 Å². The Bertz CT molecular complexity index is 870. The molecular weight excluding hydrogens is 374 g/mol. The van der Waals surface area contributed by atoms with Crippen molar-refractivity contribution in [3.05, 3.63) is 41.2 Å². The van der Waals surface area contributed by atoms with Gasteiger partial charge in [0.1, 0.15) is 0 Å². The molecule has 9 heteroatoms. The maximum absolute atomic E-state index is 12.4. The summed E-state index contributed by atoms with van der Waals surface area (Å²) in [5.74, 6) is 1.82. The topological polar surface area (TPSA) is 97.8 Å². The van der Waals surface area contributed by atoms with E-state index in [9.17, 15) is 4.79 Å². The van der Waals surface area contributed by atoms with Crippen LogP contribution in [0.1, 0.15) is 21.6 Å². The number of ether oxygens (including phenoxy) is 3. The number of anilines is 1. The van der Waals surface area contributed by atoms with E-state index in [1.54, 1.807) is 6.20 Å². The lowest BCUT2D eigenvalue weighted by Crippen LogP contribution is -2.41. The number of rotatable bonds is 7. The van der Waals surface area contributed by atoms with Crippen LogP contribution >= 0.6 is 0 Å². The molecule has 154 valence electrons. The Morgan fingerprint density at radius 3 is 2.86 bits per heavy atom. The average Bonchev–Trinajstić information content (AvgIpc) is 3.21. The first-order valence-electron chi connectivity index (χ1n) is 9.73. The summed E-state index contributed by atoms with van der Waals surface area (Å²) in [4.78, 5) is 23.4. The third-order valence-electron chi connectivity index (χ3n) is 4.93. The highest BCUT2D eigenvalue weighted by molar-refractivity contribution is 5.94. The van der Waals surface area contributed by atoms with Crippen LogP contribution in [-0.4, -0.2) is 67.0 Å². The minimum absolute atomic E-state index is 0.155. The number of hydrogen-bond acceptors (Lipinski definition) is 8. The molecule has 0 saturated carbocycles. The summed E-state index contributed by atoms with van der Waals surface area (Å²) in [6.07, 6.45) is 1.56. The Morgan fingerprint density at radius 2 is 2.03 bits per heavy atom. The van der Waals surface area contributed by atoms with Crippen LogP contribution in [0, 0.1) is 6.92 Å². The van der Waals surface area contributed by atoms with Gasteiger partial charge in [-0.25, -0.2) is 9.97 Å². The number of fused-ring (bicyclic) bond motifs is 1. The molecule has 0 spiro atoms. The molecule has 0 aliphatic carbocycles. The number of carbonyl (C=O) groups is 1. The van der Waals surface area contributed by atoms with Crippen LogP contribution in [-0.2, 0) is 11.3 Å². The molecule has 1 saturated heterocycles. The van der Waals surface area contributed by atoms with Crippen molar-refractivity contribution in [2.45, 2.75) is 13.5 Å². The van der Waals surface area contributed by atoms with Gasteiger partial charge in [0, 0.05) is 38.9 Å². The smallest absolute Gasteiger partial charge is 0.254 e. The van der Waals surface area contributed by atoms with Crippen molar-refractivity contribution in [2.75, 3.05) is 51.5 Å². The lowest BCUT2D eigenvalue weighted by atomic mass is 10.2. The van der Waals surface area contributed by atoms with E-state index in [0.29, 0.717) is 30.3 Å². The molecule has 4 rings (SSSR count). The molecule has 1 fully saturated rings. The highest BCUT2D eigenvalue weighted by atomic mass is 16.7. The second kappa shape index (κ2) is 9.06. The van der Waals surface area contributed by atoms with E-state index in [1.807, 2.05) is 25.1 Å². The van der Waals surface area contributed by atoms with E-state index >= 15 is 0 Å². The Kier molecular flexibility index (Phi) is 6.06. The fourth-order valence-corrected chi connectivity index (χ4v) is 3.25. The van der Waals surface area contributed by atoms with E-state index in [4.69, 9.17) is 14.2 Å². The number of aromatic nitrogens is 2. The van der Waals surface area contributed by atoms with Gasteiger partial charge < -0.3 is 24.8 Å². The number of aryl methyl sites for hydroxylation is 1. The van der Waals surface area contributed by atoms with Gasteiger partial charge in [0.2, 0.25) is 12.7 Å². The number of amides is 1. The van der Waals surface area contributed by atoms with Crippen LogP contribution in [0.4, 0.5) is 5.95 Å². The number of morpholine rings is 1. The van der Waals surface area contributed by atoms with Crippen molar-refractivity contribution >= 4 is 11.9 Å². The minimum atomic E-state index is -0.155. The summed E-state index contributed by atoms with van der Waals surface area (Å²) in [6.45, 7) is 7.31. The number of carbonyl (C=O) groups excluding carboxylic acids is 1. The summed E-state index contributed by atoms with van der Waals surface area (Å²) in [7, 11) is 0. The van der Waals surface area contributed by atoms with Crippen LogP contribution in [0.5, 0.6) is 11.5 Å². The van der Waals surface area contributed by atoms with E-state index in [0.717, 1.165) is 49.9 Å². The van der Waals surface area contributed by atoms with Gasteiger partial charge in [-0.3, -0.25) is 9.69 Å². The summed E-state index contributed by atoms with van der Waals surface area (Å²) in [5, 5.41) is 6.12. The third-order valence-corrected chi connectivity index (χ3v) is 4.93. The lowest BCUT2D eigenvalue weighted by Gasteiger charge is -2.26. The first kappa shape index (κ1) is 19.4. The number of hydrogen-bond donors (Lipinski definition) is 2. The van der Waals surface area contributed by atoms with Crippen molar-refractivity contribution < 1.29 is 19.0 Å². The van der Waals surface area contributed by atoms with Crippen molar-refractivity contribution in [3.63, 3.8) is 0 Å². The zero-order chi connectivity index (χ0) is 20.1. The van der Waals surface area contributed by atoms with Crippen molar-refractivity contribution in [2.24, 2.45) is 0 Å². The largest absolute Gasteiger partial charge is 0.454 e. The van der Waals surface area contributed by atoms with E-state index in [-0.39, 0.29) is 12.7 Å². The monoisotopic (exact) mass is 399 g/mol. The van der Waals surface area contributed by atoms with Crippen molar-refractivity contribution in [1.29, 1.82) is 0 Å². The second-order valence-electron chi connectivity index (χ2n) is 6.94. The lowest BCUT2D eigenvalue weighted by molar-refractivity contribution is 0.0383. The Morgan fingerprint density at radius 1 is 1.21 bits per heavy atom. The molecule has 2 N–H and O–H groups in total. The maximum Gasteiger partial charge on any atom is 0.254 e. The van der Waals surface area contributed by atoms with Crippen LogP contribution in [0.3, 0.4) is 0 Å². The summed E-state index contributed by atoms with van der Waals surface area (Å²) in [5.41, 5.74) is 2.15. The van der Waals surface area contributed by atoms with Gasteiger partial charge in [-0.05, 0) is 24.6 Å². The molecule has 0 bridgehead atoms. The van der Waals surface area contributed by atoms with E-state index in [2.05, 4.69) is 25.5 Å². The Balaban J connectivity index is 1.28. The third kappa shape index (κ3) is 4.93. The molecule has 0 unspecified atom stereocenters. The molecule has 1 aromatic heterocycles. The SMILES string of the molecule is Cc1nc(NCc2ccc3c(c2)OCO3)ncc1C(=O)NCCN1CCOCC1. The van der Waals surface area contributed by atoms with Gasteiger partial charge in [0.25, 0.3) is 5.91 Å². The fraction of sp³-hybridized carbons (Fsp3) is 0.450. The molecule has 2 aliphatic rings. The molecule has 0 atom stereocenters. The minimum Gasteiger partial charge on any atom is -0.454 e. The van der Waals surface area contributed by atoms with Gasteiger partial charge in [-0.1, -0.05) is 6.07 Å². The quantitative estimate of drug-likeness (QED) is 0.717. The molecule has 2 aromatic rings. The van der Waals surface area contributed by atoms with E-state index < -0.39 is 0 Å². The summed E-state index contributed by atoms with van der Waals surface area (Å²) < 4.78 is 16.0. The van der Waals surface area contributed by atoms with Crippen molar-refractivity contribution in [3.8, 4) is 11.5 Å². The fourth-order valence-electron chi connectivity index (χ4n) is 3.25. The van der Waals surface area contributed by atoms with Crippen LogP contribution in [0.25, 0.3) is 0 Å². The number of nitrogens with zero attached hydrogens (tertiary/aromatic N) is 3. The van der Waals surface area contributed by atoms with Gasteiger partial charge >= 0.3 is 0 Å². The normalized spacial score (nSPS) is 15.9. The predicted molar refractivity (Wildman–Crippen MR) is 106 cm³/mol. The first-order chi connectivity index (χ1) is 14.2. The number of nitrogens with one attached hydrogen (secondary N) is 2. The zero-order valence-electron chi connectivity index (χ0n) is 16.4. The molecule has 3 heterocycles. The second-order valence-corrected chi connectivity index (χ2v) is 6.94. The molecule has 1 aromatic carbocycles. The standard InChI is InChI=1S/C20H25N5O4/c1-14-16(19(26)21-4-5-25-6-8-27-9-7-25)12-23-20(24-14)22-11-15-2-3-17-18(10-15)29-13-28-17/h2-3,10,12H,4-9,11,13H2,1H3,(H,21,26)(H,22,23,24). The highest BCUT2D eigenvalue weighted by Gasteiger charge is 2.15. The van der Waals surface area contributed by atoms with Gasteiger partial charge in [0.05, 0.1) is 24.5 Å². The summed E-state index contributed by atoms with van der Waals surface area (Å²) >= 11 is 0. The first-order valence-corrected chi connectivity index (χ1v) is 9.73. The van der Waals surface area contributed by atoms with Gasteiger partial charge in [-0.2, -0.15) is 0 Å². The van der Waals surface area contributed by atoms with Gasteiger partial charge in [-0.15, -0.1) is 0 Å². The summed E-state index contributed by atoms with van der Waals surface area (Å²) in [6, 6.07) is 5.78. The predicted octanol–water partition coefficient (Wildman–Crippen LogP) is 1.19. The molecule has 0 radical (unpaired) electrons. The molecular formula is C20H25N5O4. The van der Waals surface area contributed by atoms with Crippen LogP contribution < -0.4 is 20.1 Å². The molecule has 29 heavy (non-hydrogen) atoms. The maximum atomic E-state index is 12.4. The molecule has 2 aliphatic heterocycles. The Labute approximate surface area is 169 Å². The highest BCUT2D eigenvalue weighted by Crippen LogP contribution is 2.32. The number of benzene rings is 1. The zero-order valence-corrected chi connectivity index (χ0v) is 16.4. The Hall–Kier alpha value is -2.91. The van der Waals surface area contributed by atoms with Crippen LogP contribution in [0.2, 0.25) is 0 Å². The molecule has 9 nitrogen and oxygen atoms in total.